The maximum absolute atomic E-state index is 13.0. The van der Waals surface area contributed by atoms with Crippen molar-refractivity contribution in [2.24, 2.45) is 0 Å². The molecule has 32 heavy (non-hydrogen) atoms. The Balaban J connectivity index is 2.24. The smallest absolute Gasteiger partial charge is 0.346 e. The summed E-state index contributed by atoms with van der Waals surface area (Å²) in [5.41, 5.74) is 2.34. The number of methoxy groups -OCH3 is 2. The molecule has 0 bridgehead atoms. The van der Waals surface area contributed by atoms with Crippen LogP contribution in [0.25, 0.3) is 5.57 Å². The van der Waals surface area contributed by atoms with Gasteiger partial charge in [0.25, 0.3) is 0 Å². The van der Waals surface area contributed by atoms with E-state index < -0.39 is 17.5 Å². The summed E-state index contributed by atoms with van der Waals surface area (Å²) in [7, 11) is 2.52. The number of anilines is 1. The molecular weight excluding hydrogens is 468 g/mol. The number of hydrogen-bond acceptors (Lipinski definition) is 8. The van der Waals surface area contributed by atoms with E-state index in [1.54, 1.807) is 4.90 Å². The number of nitrogens with one attached hydrogen (secondary N) is 1. The van der Waals surface area contributed by atoms with Crippen LogP contribution in [0.3, 0.4) is 0 Å². The van der Waals surface area contributed by atoms with Gasteiger partial charge in [0.05, 0.1) is 34.5 Å². The average molecular weight is 493 g/mol. The van der Waals surface area contributed by atoms with Crippen LogP contribution in [-0.2, 0) is 19.1 Å². The number of amides is 2. The van der Waals surface area contributed by atoms with Crippen molar-refractivity contribution >= 4 is 69.8 Å². The Kier molecular flexibility index (Phi) is 7.06. The van der Waals surface area contributed by atoms with E-state index in [2.05, 4.69) is 5.32 Å². The third-order valence-corrected chi connectivity index (χ3v) is 8.34. The highest BCUT2D eigenvalue weighted by Crippen LogP contribution is 2.56. The highest BCUT2D eigenvalue weighted by Gasteiger charge is 2.46. The van der Waals surface area contributed by atoms with Crippen molar-refractivity contribution in [2.75, 3.05) is 25.7 Å². The van der Waals surface area contributed by atoms with Crippen LogP contribution in [0.15, 0.2) is 32.2 Å². The molecule has 0 unspecified atom stereocenters. The van der Waals surface area contributed by atoms with Gasteiger partial charge >= 0.3 is 18.0 Å². The number of nitrogens with zero attached hydrogens (tertiary/aromatic N) is 1. The van der Waals surface area contributed by atoms with E-state index in [-0.39, 0.29) is 15.8 Å². The number of carbonyl (C=O) groups excluding carboxylic acids is 3. The first-order valence-electron chi connectivity index (χ1n) is 9.83. The molecule has 170 valence electrons. The Hall–Kier alpha value is -2.30. The quantitative estimate of drug-likeness (QED) is 0.378. The molecule has 7 nitrogen and oxygen atoms in total. The van der Waals surface area contributed by atoms with Crippen LogP contribution in [0, 0.1) is 6.92 Å². The number of benzene rings is 1. The van der Waals surface area contributed by atoms with Crippen molar-refractivity contribution in [3.05, 3.63) is 43.4 Å². The molecule has 10 heteroatoms. The summed E-state index contributed by atoms with van der Waals surface area (Å²) in [6, 6.07) is 5.55. The summed E-state index contributed by atoms with van der Waals surface area (Å²) in [6.45, 7) is 8.06. The lowest BCUT2D eigenvalue weighted by atomic mass is 9.83. The standard InChI is InChI=1S/C22H24N2O5S3/c1-7-23-21(27)24-13-10-11(2)8-9-12(13)14(17(30)22(24,3)4)20-31-15(18(25)28-5)16(32-20)19(26)29-6/h8-10H,7H2,1-6H3,(H,23,27). The minimum Gasteiger partial charge on any atom is -0.465 e. The first-order valence-corrected chi connectivity index (χ1v) is 11.9. The number of carbonyl (C=O) groups is 3. The maximum atomic E-state index is 13.0. The molecule has 3 rings (SSSR count). The lowest BCUT2D eigenvalue weighted by molar-refractivity contribution is -0.138. The zero-order valence-electron chi connectivity index (χ0n) is 18.7. The van der Waals surface area contributed by atoms with Gasteiger partial charge in [0.15, 0.2) is 0 Å². The summed E-state index contributed by atoms with van der Waals surface area (Å²) in [5.74, 6) is -1.24. The van der Waals surface area contributed by atoms with Crippen LogP contribution in [0.1, 0.15) is 31.9 Å². The number of aryl methyl sites for hydroxylation is 1. The molecule has 2 aliphatic rings. The number of hydrogen-bond donors (Lipinski definition) is 1. The highest BCUT2D eigenvalue weighted by molar-refractivity contribution is 8.29. The first kappa shape index (κ1) is 24.3. The van der Waals surface area contributed by atoms with Gasteiger partial charge in [-0.05, 0) is 39.3 Å². The zero-order chi connectivity index (χ0) is 23.8. The Bertz CT molecular complexity index is 1060. The van der Waals surface area contributed by atoms with E-state index in [1.807, 2.05) is 45.9 Å². The molecule has 0 spiro atoms. The fourth-order valence-electron chi connectivity index (χ4n) is 3.52. The number of esters is 2. The SMILES string of the molecule is CCNC(=O)N1c2cc(C)ccc2C(=C2SC(C(=O)OC)=C(C(=O)OC)S2)C(=S)C1(C)C. The monoisotopic (exact) mass is 492 g/mol. The van der Waals surface area contributed by atoms with Crippen molar-refractivity contribution in [2.45, 2.75) is 33.2 Å². The van der Waals surface area contributed by atoms with Crippen molar-refractivity contribution in [3.63, 3.8) is 0 Å². The Morgan fingerprint density at radius 3 is 2.16 bits per heavy atom. The molecule has 1 aromatic carbocycles. The first-order chi connectivity index (χ1) is 15.1. The topological polar surface area (TPSA) is 84.9 Å². The van der Waals surface area contributed by atoms with Crippen molar-refractivity contribution in [1.29, 1.82) is 0 Å². The molecule has 0 radical (unpaired) electrons. The number of urea groups is 1. The summed E-state index contributed by atoms with van der Waals surface area (Å²) in [5, 5.41) is 2.87. The summed E-state index contributed by atoms with van der Waals surface area (Å²) >= 11 is 8.17. The van der Waals surface area contributed by atoms with Crippen LogP contribution in [0.5, 0.6) is 0 Å². The van der Waals surface area contributed by atoms with Gasteiger partial charge in [-0.15, -0.1) is 0 Å². The molecule has 0 aromatic heterocycles. The average Bonchev–Trinajstić information content (AvgIpc) is 3.18. The number of fused-ring (bicyclic) bond motifs is 1. The maximum Gasteiger partial charge on any atom is 0.346 e. The van der Waals surface area contributed by atoms with Crippen molar-refractivity contribution in [1.82, 2.24) is 5.32 Å². The second-order valence-electron chi connectivity index (χ2n) is 7.59. The van der Waals surface area contributed by atoms with Crippen LogP contribution in [0.4, 0.5) is 10.5 Å². The Morgan fingerprint density at radius 1 is 1.09 bits per heavy atom. The molecule has 0 saturated carbocycles. The van der Waals surface area contributed by atoms with Gasteiger partial charge in [0.2, 0.25) is 0 Å². The predicted molar refractivity (Wildman–Crippen MR) is 133 cm³/mol. The van der Waals surface area contributed by atoms with Crippen molar-refractivity contribution < 1.29 is 23.9 Å². The van der Waals surface area contributed by atoms with E-state index in [4.69, 9.17) is 21.7 Å². The summed E-state index contributed by atoms with van der Waals surface area (Å²) < 4.78 is 10.4. The second kappa shape index (κ2) is 9.29. The molecule has 2 aliphatic heterocycles. The van der Waals surface area contributed by atoms with E-state index in [0.29, 0.717) is 21.3 Å². The fourth-order valence-corrected chi connectivity index (χ4v) is 6.55. The second-order valence-corrected chi connectivity index (χ2v) is 10.3. The number of thioether (sulfide) groups is 2. The van der Waals surface area contributed by atoms with Crippen LogP contribution < -0.4 is 10.2 Å². The van der Waals surface area contributed by atoms with Gasteiger partial charge in [-0.2, -0.15) is 0 Å². The van der Waals surface area contributed by atoms with E-state index in [9.17, 15) is 14.4 Å². The van der Waals surface area contributed by atoms with Crippen molar-refractivity contribution in [3.8, 4) is 0 Å². The highest BCUT2D eigenvalue weighted by atomic mass is 32.2. The molecular formula is C22H24N2O5S3. The molecule has 0 atom stereocenters. The Morgan fingerprint density at radius 2 is 1.66 bits per heavy atom. The minimum absolute atomic E-state index is 0.160. The minimum atomic E-state index is -0.835. The summed E-state index contributed by atoms with van der Waals surface area (Å²) in [4.78, 5) is 40.2. The third-order valence-electron chi connectivity index (χ3n) is 5.08. The number of ether oxygens (including phenoxy) is 2. The molecule has 2 heterocycles. The lowest BCUT2D eigenvalue weighted by Gasteiger charge is -2.45. The largest absolute Gasteiger partial charge is 0.465 e. The van der Waals surface area contributed by atoms with E-state index >= 15 is 0 Å². The molecule has 0 saturated heterocycles. The Labute approximate surface area is 201 Å². The van der Waals surface area contributed by atoms with Crippen LogP contribution in [0.2, 0.25) is 0 Å². The van der Waals surface area contributed by atoms with Crippen LogP contribution >= 0.6 is 35.7 Å². The lowest BCUT2D eigenvalue weighted by Crippen LogP contribution is -2.58. The van der Waals surface area contributed by atoms with Gasteiger partial charge in [-0.25, -0.2) is 14.4 Å². The summed E-state index contributed by atoms with van der Waals surface area (Å²) in [6.07, 6.45) is 0. The van der Waals surface area contributed by atoms with Gasteiger partial charge in [0, 0.05) is 17.7 Å². The van der Waals surface area contributed by atoms with E-state index in [1.165, 1.54) is 14.2 Å². The zero-order valence-corrected chi connectivity index (χ0v) is 21.1. The molecule has 1 N–H and O–H groups in total. The number of rotatable bonds is 3. The molecule has 0 fully saturated rings. The number of thiocarbonyl (C=S) groups is 1. The molecule has 1 aromatic rings. The predicted octanol–water partition coefficient (Wildman–Crippen LogP) is 4.40. The van der Waals surface area contributed by atoms with Gasteiger partial charge < -0.3 is 14.8 Å². The molecule has 2 amide bonds. The fraction of sp³-hybridized carbons (Fsp3) is 0.364. The van der Waals surface area contributed by atoms with Crippen LogP contribution in [-0.4, -0.2) is 49.1 Å². The normalized spacial score (nSPS) is 17.3. The van der Waals surface area contributed by atoms with Gasteiger partial charge in [0.1, 0.15) is 9.81 Å². The molecule has 0 aliphatic carbocycles. The van der Waals surface area contributed by atoms with Gasteiger partial charge in [-0.3, -0.25) is 4.90 Å². The third kappa shape index (κ3) is 4.06. The van der Waals surface area contributed by atoms with Gasteiger partial charge in [-0.1, -0.05) is 47.9 Å². The van der Waals surface area contributed by atoms with E-state index in [0.717, 1.165) is 40.2 Å².